The van der Waals surface area contributed by atoms with Crippen LogP contribution >= 0.6 is 0 Å². The van der Waals surface area contributed by atoms with Gasteiger partial charge in [-0.1, -0.05) is 12.8 Å². The maximum Gasteiger partial charge on any atom is 0.326 e. The number of likely N-dealkylation sites (tertiary alicyclic amines) is 1. The van der Waals surface area contributed by atoms with Gasteiger partial charge in [0.2, 0.25) is 5.91 Å². The summed E-state index contributed by atoms with van der Waals surface area (Å²) in [4.78, 5) is 38.0. The number of ether oxygens (including phenoxy) is 1. The maximum absolute atomic E-state index is 13.1. The van der Waals surface area contributed by atoms with Crippen LogP contribution in [0.5, 0.6) is 5.75 Å². The fraction of sp³-hybridized carbons (Fsp3) is 0.550. The van der Waals surface area contributed by atoms with Gasteiger partial charge >= 0.3 is 5.97 Å². The Morgan fingerprint density at radius 3 is 2.62 bits per heavy atom. The van der Waals surface area contributed by atoms with Gasteiger partial charge in [0.25, 0.3) is 0 Å². The second-order valence-corrected chi connectivity index (χ2v) is 7.26. The van der Waals surface area contributed by atoms with Gasteiger partial charge in [-0.2, -0.15) is 0 Å². The van der Waals surface area contributed by atoms with Crippen molar-refractivity contribution >= 4 is 17.7 Å². The number of carbonyl (C=O) groups excluding carboxylic acids is 2. The van der Waals surface area contributed by atoms with Crippen LogP contribution in [0, 0.1) is 5.92 Å². The molecule has 2 aliphatic rings. The van der Waals surface area contributed by atoms with E-state index in [9.17, 15) is 19.5 Å². The van der Waals surface area contributed by atoms with Gasteiger partial charge in [-0.05, 0) is 50.3 Å². The lowest BCUT2D eigenvalue weighted by Crippen LogP contribution is -2.46. The number of hydrogen-bond donors (Lipinski definition) is 1. The van der Waals surface area contributed by atoms with Gasteiger partial charge in [0, 0.05) is 17.2 Å². The van der Waals surface area contributed by atoms with Crippen molar-refractivity contribution < 1.29 is 24.2 Å². The van der Waals surface area contributed by atoms with Crippen molar-refractivity contribution in [2.45, 2.75) is 57.5 Å². The number of carboxylic acid groups (broad SMARTS) is 1. The lowest BCUT2D eigenvalue weighted by molar-refractivity contribution is -0.149. The molecule has 0 radical (unpaired) electrons. The number of aliphatic carboxylic acids is 1. The first-order valence-corrected chi connectivity index (χ1v) is 9.14. The Balaban J connectivity index is 1.87. The van der Waals surface area contributed by atoms with E-state index in [4.69, 9.17) is 4.74 Å². The molecule has 0 bridgehead atoms. The summed E-state index contributed by atoms with van der Waals surface area (Å²) in [5.74, 6) is -0.407. The summed E-state index contributed by atoms with van der Waals surface area (Å²) in [5.41, 5.74) is 1.13. The SMILES string of the molecule is COc1ccc(C(C)=O)cc1CC(=O)N1C(C(=O)O)CC2CCCCC21. The van der Waals surface area contributed by atoms with Gasteiger partial charge in [-0.25, -0.2) is 4.79 Å². The standard InChI is InChI=1S/C20H25NO5/c1-12(22)13-7-8-18(26-2)15(9-13)11-19(23)21-16-6-4-3-5-14(16)10-17(21)20(24)25/h7-9,14,16-17H,3-6,10-11H2,1-2H3,(H,24,25). The summed E-state index contributed by atoms with van der Waals surface area (Å²) in [6.07, 6.45) is 4.56. The molecule has 3 rings (SSSR count). The monoisotopic (exact) mass is 359 g/mol. The van der Waals surface area contributed by atoms with E-state index < -0.39 is 12.0 Å². The molecule has 6 heteroatoms. The highest BCUT2D eigenvalue weighted by molar-refractivity contribution is 5.95. The number of carbonyl (C=O) groups is 3. The molecule has 140 valence electrons. The quantitative estimate of drug-likeness (QED) is 0.817. The zero-order valence-electron chi connectivity index (χ0n) is 15.2. The first-order chi connectivity index (χ1) is 12.4. The fourth-order valence-electron chi connectivity index (χ4n) is 4.43. The zero-order valence-corrected chi connectivity index (χ0v) is 15.2. The van der Waals surface area contributed by atoms with Crippen molar-refractivity contribution in [3.8, 4) is 5.75 Å². The van der Waals surface area contributed by atoms with E-state index in [0.717, 1.165) is 25.7 Å². The van der Waals surface area contributed by atoms with E-state index in [0.29, 0.717) is 23.3 Å². The van der Waals surface area contributed by atoms with Gasteiger partial charge in [0.1, 0.15) is 11.8 Å². The predicted molar refractivity (Wildman–Crippen MR) is 95.3 cm³/mol. The second-order valence-electron chi connectivity index (χ2n) is 7.26. The average molecular weight is 359 g/mol. The molecule has 1 N–H and O–H groups in total. The maximum atomic E-state index is 13.1. The number of nitrogens with zero attached hydrogens (tertiary/aromatic N) is 1. The van der Waals surface area contributed by atoms with Crippen molar-refractivity contribution in [1.82, 2.24) is 4.90 Å². The van der Waals surface area contributed by atoms with E-state index in [-0.39, 0.29) is 30.1 Å². The van der Waals surface area contributed by atoms with E-state index in [1.807, 2.05) is 0 Å². The number of methoxy groups -OCH3 is 1. The molecule has 1 aromatic rings. The topological polar surface area (TPSA) is 83.9 Å². The third-order valence-electron chi connectivity index (χ3n) is 5.69. The van der Waals surface area contributed by atoms with Crippen LogP contribution in [0.25, 0.3) is 0 Å². The van der Waals surface area contributed by atoms with Crippen molar-refractivity contribution in [1.29, 1.82) is 0 Å². The van der Waals surface area contributed by atoms with Crippen molar-refractivity contribution in [2.75, 3.05) is 7.11 Å². The minimum absolute atomic E-state index is 0.0133. The number of rotatable bonds is 5. The molecule has 1 saturated carbocycles. The molecule has 0 spiro atoms. The minimum atomic E-state index is -0.933. The van der Waals surface area contributed by atoms with Crippen LogP contribution in [0.1, 0.15) is 54.9 Å². The molecule has 1 aliphatic carbocycles. The van der Waals surface area contributed by atoms with Crippen molar-refractivity contribution in [3.63, 3.8) is 0 Å². The third-order valence-corrected chi connectivity index (χ3v) is 5.69. The van der Waals surface area contributed by atoms with Gasteiger partial charge < -0.3 is 14.7 Å². The normalized spacial score (nSPS) is 24.8. The first kappa shape index (κ1) is 18.4. The number of amides is 1. The third kappa shape index (κ3) is 3.45. The van der Waals surface area contributed by atoms with Crippen LogP contribution in [0.3, 0.4) is 0 Å². The zero-order chi connectivity index (χ0) is 18.8. The predicted octanol–water partition coefficient (Wildman–Crippen LogP) is 2.68. The Labute approximate surface area is 153 Å². The van der Waals surface area contributed by atoms with Crippen LogP contribution < -0.4 is 4.74 Å². The molecular formula is C20H25NO5. The molecular weight excluding hydrogens is 334 g/mol. The van der Waals surface area contributed by atoms with Crippen molar-refractivity contribution in [2.24, 2.45) is 5.92 Å². The summed E-state index contributed by atoms with van der Waals surface area (Å²) in [6, 6.07) is 4.28. The van der Waals surface area contributed by atoms with Gasteiger partial charge in [0.15, 0.2) is 5.78 Å². The van der Waals surface area contributed by atoms with E-state index in [2.05, 4.69) is 0 Å². The number of fused-ring (bicyclic) bond motifs is 1. The largest absolute Gasteiger partial charge is 0.496 e. The molecule has 3 unspecified atom stereocenters. The Morgan fingerprint density at radius 1 is 1.23 bits per heavy atom. The summed E-state index contributed by atoms with van der Waals surface area (Å²) >= 11 is 0. The number of benzene rings is 1. The Kier molecular flexibility index (Phi) is 5.30. The average Bonchev–Trinajstić information content (AvgIpc) is 3.01. The van der Waals surface area contributed by atoms with Gasteiger partial charge in [-0.3, -0.25) is 9.59 Å². The number of hydrogen-bond acceptors (Lipinski definition) is 4. The number of ketones is 1. The first-order valence-electron chi connectivity index (χ1n) is 9.14. The molecule has 1 aromatic carbocycles. The highest BCUT2D eigenvalue weighted by Gasteiger charge is 2.47. The van der Waals surface area contributed by atoms with Crippen molar-refractivity contribution in [3.05, 3.63) is 29.3 Å². The fourth-order valence-corrected chi connectivity index (χ4v) is 4.43. The highest BCUT2D eigenvalue weighted by atomic mass is 16.5. The summed E-state index contributed by atoms with van der Waals surface area (Å²) < 4.78 is 5.33. The molecule has 2 fully saturated rings. The molecule has 1 saturated heterocycles. The Morgan fingerprint density at radius 2 is 1.96 bits per heavy atom. The lowest BCUT2D eigenvalue weighted by atomic mass is 9.84. The van der Waals surface area contributed by atoms with Crippen LogP contribution in [-0.2, 0) is 16.0 Å². The number of carboxylic acids is 1. The van der Waals surface area contributed by atoms with Gasteiger partial charge in [-0.15, -0.1) is 0 Å². The molecule has 0 aromatic heterocycles. The Hall–Kier alpha value is -2.37. The molecule has 1 aliphatic heterocycles. The number of Topliss-reactive ketones (excluding diaryl/α,β-unsaturated/α-hetero) is 1. The minimum Gasteiger partial charge on any atom is -0.496 e. The van der Waals surface area contributed by atoms with Crippen LogP contribution in [0.2, 0.25) is 0 Å². The molecule has 26 heavy (non-hydrogen) atoms. The molecule has 3 atom stereocenters. The van der Waals surface area contributed by atoms with E-state index in [1.165, 1.54) is 14.0 Å². The summed E-state index contributed by atoms with van der Waals surface area (Å²) in [7, 11) is 1.52. The molecule has 1 amide bonds. The lowest BCUT2D eigenvalue weighted by Gasteiger charge is -2.33. The summed E-state index contributed by atoms with van der Waals surface area (Å²) in [6.45, 7) is 1.47. The van der Waals surface area contributed by atoms with Crippen LogP contribution in [0.4, 0.5) is 0 Å². The summed E-state index contributed by atoms with van der Waals surface area (Å²) in [5, 5.41) is 9.60. The Bertz CT molecular complexity index is 729. The smallest absolute Gasteiger partial charge is 0.326 e. The van der Waals surface area contributed by atoms with E-state index >= 15 is 0 Å². The second kappa shape index (κ2) is 7.48. The molecule has 1 heterocycles. The van der Waals surface area contributed by atoms with Gasteiger partial charge in [0.05, 0.1) is 13.5 Å². The molecule has 6 nitrogen and oxygen atoms in total. The highest BCUT2D eigenvalue weighted by Crippen LogP contribution is 2.40. The van der Waals surface area contributed by atoms with E-state index in [1.54, 1.807) is 23.1 Å². The van der Waals surface area contributed by atoms with Crippen LogP contribution in [-0.4, -0.2) is 46.9 Å². The van der Waals surface area contributed by atoms with Crippen LogP contribution in [0.15, 0.2) is 18.2 Å².